The third-order valence-electron chi connectivity index (χ3n) is 3.30. The van der Waals surface area contributed by atoms with Crippen LogP contribution in [0.25, 0.3) is 10.8 Å². The summed E-state index contributed by atoms with van der Waals surface area (Å²) >= 11 is 0. The lowest BCUT2D eigenvalue weighted by molar-refractivity contribution is -0.159. The Morgan fingerprint density at radius 2 is 1.67 bits per heavy atom. The predicted molar refractivity (Wildman–Crippen MR) is 74.6 cm³/mol. The number of benzene rings is 2. The minimum atomic E-state index is -1.96. The number of carbonyl (C=O) groups is 2. The van der Waals surface area contributed by atoms with E-state index in [4.69, 9.17) is 9.84 Å². The first kappa shape index (κ1) is 14.6. The molecule has 0 aromatic heterocycles. The van der Waals surface area contributed by atoms with Gasteiger partial charge in [-0.3, -0.25) is 0 Å². The highest BCUT2D eigenvalue weighted by atomic mass is 16.7. The van der Waals surface area contributed by atoms with E-state index in [2.05, 4.69) is 4.74 Å². The summed E-state index contributed by atoms with van der Waals surface area (Å²) in [6.45, 7) is 1.20. The van der Waals surface area contributed by atoms with Gasteiger partial charge in [0.25, 0.3) is 0 Å². The zero-order valence-corrected chi connectivity index (χ0v) is 11.5. The van der Waals surface area contributed by atoms with E-state index in [0.29, 0.717) is 5.75 Å². The highest BCUT2D eigenvalue weighted by molar-refractivity contribution is 5.88. The molecule has 0 heterocycles. The SMILES string of the molecule is COc1ccc2cc(C(C)(OC(=O)O)C(=O)O)ccc2c1. The Labute approximate surface area is 120 Å². The summed E-state index contributed by atoms with van der Waals surface area (Å²) in [5.74, 6) is -0.698. The van der Waals surface area contributed by atoms with E-state index in [0.717, 1.165) is 10.8 Å². The van der Waals surface area contributed by atoms with Gasteiger partial charge in [0.1, 0.15) is 5.75 Å². The van der Waals surface area contributed by atoms with Crippen LogP contribution in [0.5, 0.6) is 5.75 Å². The van der Waals surface area contributed by atoms with Crippen molar-refractivity contribution in [2.75, 3.05) is 7.11 Å². The van der Waals surface area contributed by atoms with Gasteiger partial charge < -0.3 is 19.7 Å². The Morgan fingerprint density at radius 3 is 2.24 bits per heavy atom. The lowest BCUT2D eigenvalue weighted by Gasteiger charge is -2.24. The number of rotatable bonds is 4. The van der Waals surface area contributed by atoms with Gasteiger partial charge in [-0.2, -0.15) is 0 Å². The number of hydrogen-bond donors (Lipinski definition) is 2. The molecule has 0 bridgehead atoms. The van der Waals surface area contributed by atoms with E-state index in [1.165, 1.54) is 13.0 Å². The van der Waals surface area contributed by atoms with Crippen LogP contribution in [-0.2, 0) is 15.1 Å². The summed E-state index contributed by atoms with van der Waals surface area (Å²) in [5, 5.41) is 19.6. The lowest BCUT2D eigenvalue weighted by Crippen LogP contribution is -2.37. The molecule has 2 aromatic rings. The number of aliphatic carboxylic acids is 1. The maximum atomic E-state index is 11.4. The van der Waals surface area contributed by atoms with Crippen LogP contribution in [0.2, 0.25) is 0 Å². The summed E-state index contributed by atoms with van der Waals surface area (Å²) in [4.78, 5) is 22.1. The van der Waals surface area contributed by atoms with E-state index < -0.39 is 17.7 Å². The topological polar surface area (TPSA) is 93.1 Å². The van der Waals surface area contributed by atoms with Crippen molar-refractivity contribution >= 4 is 22.9 Å². The fraction of sp³-hybridized carbons (Fsp3) is 0.200. The van der Waals surface area contributed by atoms with E-state index in [1.807, 2.05) is 0 Å². The predicted octanol–water partition coefficient (Wildman–Crippen LogP) is 2.84. The average Bonchev–Trinajstić information content (AvgIpc) is 2.45. The standard InChI is InChI=1S/C15H14O6/c1-15(13(16)17,21-14(18)19)11-5-3-10-8-12(20-2)6-4-9(10)7-11/h3-8H,1-2H3,(H,16,17)(H,18,19). The van der Waals surface area contributed by atoms with Crippen LogP contribution in [0, 0.1) is 0 Å². The molecule has 2 N–H and O–H groups in total. The number of methoxy groups -OCH3 is 1. The minimum absolute atomic E-state index is 0.245. The highest BCUT2D eigenvalue weighted by Crippen LogP contribution is 2.30. The monoisotopic (exact) mass is 290 g/mol. The van der Waals surface area contributed by atoms with Gasteiger partial charge in [-0.15, -0.1) is 0 Å². The Balaban J connectivity index is 2.54. The largest absolute Gasteiger partial charge is 0.507 e. The smallest absolute Gasteiger partial charge is 0.497 e. The average molecular weight is 290 g/mol. The molecular weight excluding hydrogens is 276 g/mol. The fourth-order valence-corrected chi connectivity index (χ4v) is 2.05. The van der Waals surface area contributed by atoms with E-state index in [1.54, 1.807) is 37.4 Å². The molecule has 6 nitrogen and oxygen atoms in total. The Kier molecular flexibility index (Phi) is 3.71. The molecule has 0 saturated carbocycles. The van der Waals surface area contributed by atoms with Crippen molar-refractivity contribution in [3.05, 3.63) is 42.0 Å². The molecule has 0 aliphatic heterocycles. The van der Waals surface area contributed by atoms with Crippen LogP contribution in [0.4, 0.5) is 4.79 Å². The first-order valence-corrected chi connectivity index (χ1v) is 6.10. The van der Waals surface area contributed by atoms with Crippen molar-refractivity contribution in [1.82, 2.24) is 0 Å². The van der Waals surface area contributed by atoms with Crippen LogP contribution in [0.3, 0.4) is 0 Å². The Bertz CT molecular complexity index is 708. The third kappa shape index (κ3) is 2.74. The van der Waals surface area contributed by atoms with Crippen LogP contribution in [-0.4, -0.2) is 29.4 Å². The number of hydrogen-bond acceptors (Lipinski definition) is 4. The van der Waals surface area contributed by atoms with Gasteiger partial charge in [-0.1, -0.05) is 18.2 Å². The maximum absolute atomic E-state index is 11.4. The summed E-state index contributed by atoms with van der Waals surface area (Å²) in [5.41, 5.74) is -1.71. The molecule has 1 unspecified atom stereocenters. The normalized spacial score (nSPS) is 13.4. The first-order valence-electron chi connectivity index (χ1n) is 6.10. The summed E-state index contributed by atoms with van der Waals surface area (Å²) in [7, 11) is 1.55. The van der Waals surface area contributed by atoms with Crippen molar-refractivity contribution in [2.24, 2.45) is 0 Å². The molecule has 0 aliphatic carbocycles. The molecule has 0 radical (unpaired) electrons. The van der Waals surface area contributed by atoms with Crippen LogP contribution < -0.4 is 4.74 Å². The summed E-state index contributed by atoms with van der Waals surface area (Å²) in [6.07, 6.45) is -1.64. The van der Waals surface area contributed by atoms with Crippen LogP contribution >= 0.6 is 0 Å². The van der Waals surface area contributed by atoms with Gasteiger partial charge in [0.05, 0.1) is 7.11 Å². The number of carboxylic acid groups (broad SMARTS) is 2. The van der Waals surface area contributed by atoms with Crippen molar-refractivity contribution < 1.29 is 29.3 Å². The fourth-order valence-electron chi connectivity index (χ4n) is 2.05. The molecule has 0 spiro atoms. The maximum Gasteiger partial charge on any atom is 0.507 e. The molecule has 0 fully saturated rings. The van der Waals surface area contributed by atoms with E-state index in [9.17, 15) is 14.7 Å². The molecule has 6 heteroatoms. The lowest BCUT2D eigenvalue weighted by atomic mass is 9.93. The zero-order valence-electron chi connectivity index (χ0n) is 11.5. The van der Waals surface area contributed by atoms with E-state index >= 15 is 0 Å². The van der Waals surface area contributed by atoms with Gasteiger partial charge in [-0.25, -0.2) is 9.59 Å². The number of ether oxygens (including phenoxy) is 2. The van der Waals surface area contributed by atoms with Crippen LogP contribution in [0.1, 0.15) is 12.5 Å². The molecule has 1 atom stereocenters. The van der Waals surface area contributed by atoms with Gasteiger partial charge in [0.15, 0.2) is 0 Å². The van der Waals surface area contributed by atoms with Crippen molar-refractivity contribution in [2.45, 2.75) is 12.5 Å². The van der Waals surface area contributed by atoms with Gasteiger partial charge in [0.2, 0.25) is 5.60 Å². The van der Waals surface area contributed by atoms with Gasteiger partial charge >= 0.3 is 12.1 Å². The minimum Gasteiger partial charge on any atom is -0.497 e. The van der Waals surface area contributed by atoms with Crippen molar-refractivity contribution in [3.63, 3.8) is 0 Å². The second kappa shape index (κ2) is 5.32. The van der Waals surface area contributed by atoms with Gasteiger partial charge in [0, 0.05) is 5.56 Å². The molecule has 0 amide bonds. The molecule has 21 heavy (non-hydrogen) atoms. The zero-order chi connectivity index (χ0) is 15.6. The molecular formula is C15H14O6. The molecule has 2 rings (SSSR count). The summed E-state index contributed by atoms with van der Waals surface area (Å²) in [6, 6.07) is 10.1. The quantitative estimate of drug-likeness (QED) is 0.841. The van der Waals surface area contributed by atoms with Crippen molar-refractivity contribution in [3.8, 4) is 5.75 Å². The third-order valence-corrected chi connectivity index (χ3v) is 3.30. The second-order valence-corrected chi connectivity index (χ2v) is 4.63. The summed E-state index contributed by atoms with van der Waals surface area (Å²) < 4.78 is 9.69. The molecule has 2 aromatic carbocycles. The Morgan fingerprint density at radius 1 is 1.05 bits per heavy atom. The molecule has 0 aliphatic rings. The van der Waals surface area contributed by atoms with Gasteiger partial charge in [-0.05, 0) is 35.9 Å². The second-order valence-electron chi connectivity index (χ2n) is 4.63. The molecule has 110 valence electrons. The number of fused-ring (bicyclic) bond motifs is 1. The van der Waals surface area contributed by atoms with Crippen LogP contribution in [0.15, 0.2) is 36.4 Å². The number of carboxylic acids is 1. The first-order chi connectivity index (χ1) is 9.86. The molecule has 0 saturated heterocycles. The van der Waals surface area contributed by atoms with Crippen molar-refractivity contribution in [1.29, 1.82) is 0 Å². The highest BCUT2D eigenvalue weighted by Gasteiger charge is 2.40. The van der Waals surface area contributed by atoms with E-state index in [-0.39, 0.29) is 5.56 Å². The Hall–Kier alpha value is -2.76.